The summed E-state index contributed by atoms with van der Waals surface area (Å²) in [5.41, 5.74) is -1.20. The van der Waals surface area contributed by atoms with Crippen molar-refractivity contribution in [2.24, 2.45) is 0 Å². The molecular formula is C10H13NO3. The van der Waals surface area contributed by atoms with Crippen molar-refractivity contribution in [3.8, 4) is 5.88 Å². The third kappa shape index (κ3) is 2.22. The van der Waals surface area contributed by atoms with Gasteiger partial charge in [-0.2, -0.15) is 0 Å². The molecule has 0 amide bonds. The van der Waals surface area contributed by atoms with Crippen LogP contribution >= 0.6 is 0 Å². The lowest BCUT2D eigenvalue weighted by atomic mass is 10.0. The summed E-state index contributed by atoms with van der Waals surface area (Å²) in [6, 6.07) is 5.13. The van der Waals surface area contributed by atoms with Gasteiger partial charge < -0.3 is 9.84 Å². The molecule has 1 heterocycles. The second-order valence-electron chi connectivity index (χ2n) is 3.16. The highest BCUT2D eigenvalue weighted by molar-refractivity contribution is 5.77. The smallest absolute Gasteiger partial charge is 0.347 e. The molecule has 0 saturated heterocycles. The number of hydrogen-bond acceptors (Lipinski definition) is 3. The Kier molecular flexibility index (Phi) is 3.06. The molecule has 0 aliphatic carbocycles. The number of carboxylic acid groups (broad SMARTS) is 1. The molecular weight excluding hydrogens is 182 g/mol. The summed E-state index contributed by atoms with van der Waals surface area (Å²) in [6.07, 6.45) is 1.95. The molecule has 0 unspecified atom stereocenters. The van der Waals surface area contributed by atoms with Crippen molar-refractivity contribution >= 4 is 5.97 Å². The Morgan fingerprint density at radius 3 is 2.79 bits per heavy atom. The SMILES string of the molecule is CC[C@@](C)(Oc1ccccn1)C(=O)O. The van der Waals surface area contributed by atoms with Gasteiger partial charge in [0.15, 0.2) is 0 Å². The summed E-state index contributed by atoms with van der Waals surface area (Å²) in [7, 11) is 0. The summed E-state index contributed by atoms with van der Waals surface area (Å²) < 4.78 is 5.30. The molecule has 1 atom stereocenters. The lowest BCUT2D eigenvalue weighted by Crippen LogP contribution is -2.40. The van der Waals surface area contributed by atoms with Gasteiger partial charge in [0, 0.05) is 12.3 Å². The number of pyridine rings is 1. The Balaban J connectivity index is 2.81. The fourth-order valence-electron chi connectivity index (χ4n) is 0.905. The molecule has 1 aromatic heterocycles. The van der Waals surface area contributed by atoms with E-state index >= 15 is 0 Å². The van der Waals surface area contributed by atoms with E-state index in [0.29, 0.717) is 12.3 Å². The van der Waals surface area contributed by atoms with E-state index in [1.807, 2.05) is 0 Å². The first kappa shape index (κ1) is 10.5. The molecule has 1 aromatic rings. The van der Waals surface area contributed by atoms with Gasteiger partial charge in [-0.1, -0.05) is 13.0 Å². The molecule has 4 nitrogen and oxygen atoms in total. The maximum Gasteiger partial charge on any atom is 0.347 e. The first-order valence-electron chi connectivity index (χ1n) is 4.42. The Labute approximate surface area is 82.5 Å². The van der Waals surface area contributed by atoms with E-state index in [0.717, 1.165) is 0 Å². The van der Waals surface area contributed by atoms with Crippen molar-refractivity contribution in [3.05, 3.63) is 24.4 Å². The van der Waals surface area contributed by atoms with Gasteiger partial charge in [-0.3, -0.25) is 0 Å². The number of ether oxygens (including phenoxy) is 1. The molecule has 76 valence electrons. The van der Waals surface area contributed by atoms with Crippen LogP contribution in [0.4, 0.5) is 0 Å². The van der Waals surface area contributed by atoms with Crippen molar-refractivity contribution in [1.82, 2.24) is 4.98 Å². The lowest BCUT2D eigenvalue weighted by Gasteiger charge is -2.23. The van der Waals surface area contributed by atoms with Gasteiger partial charge >= 0.3 is 5.97 Å². The zero-order valence-corrected chi connectivity index (χ0v) is 8.23. The van der Waals surface area contributed by atoms with Crippen LogP contribution < -0.4 is 4.74 Å². The second kappa shape index (κ2) is 4.09. The highest BCUT2D eigenvalue weighted by atomic mass is 16.5. The van der Waals surface area contributed by atoms with E-state index in [1.54, 1.807) is 31.3 Å². The minimum atomic E-state index is -1.20. The van der Waals surface area contributed by atoms with E-state index in [2.05, 4.69) is 4.98 Å². The van der Waals surface area contributed by atoms with Crippen molar-refractivity contribution in [2.75, 3.05) is 0 Å². The normalized spacial score (nSPS) is 14.4. The van der Waals surface area contributed by atoms with Crippen molar-refractivity contribution < 1.29 is 14.6 Å². The first-order chi connectivity index (χ1) is 6.58. The summed E-state index contributed by atoms with van der Waals surface area (Å²) >= 11 is 0. The number of aliphatic carboxylic acids is 1. The maximum atomic E-state index is 10.9. The number of hydrogen-bond donors (Lipinski definition) is 1. The van der Waals surface area contributed by atoms with Gasteiger partial charge in [0.2, 0.25) is 11.5 Å². The van der Waals surface area contributed by atoms with Crippen LogP contribution in [-0.4, -0.2) is 21.7 Å². The largest absolute Gasteiger partial charge is 0.478 e. The molecule has 0 aromatic carbocycles. The zero-order valence-electron chi connectivity index (χ0n) is 8.23. The van der Waals surface area contributed by atoms with E-state index in [1.165, 1.54) is 6.92 Å². The highest BCUT2D eigenvalue weighted by Crippen LogP contribution is 2.18. The summed E-state index contributed by atoms with van der Waals surface area (Å²) in [6.45, 7) is 3.29. The average Bonchev–Trinajstić information content (AvgIpc) is 2.19. The average molecular weight is 195 g/mol. The Morgan fingerprint density at radius 2 is 2.36 bits per heavy atom. The molecule has 0 bridgehead atoms. The predicted molar refractivity (Wildman–Crippen MR) is 51.2 cm³/mol. The molecule has 0 aliphatic rings. The van der Waals surface area contributed by atoms with Crippen molar-refractivity contribution in [1.29, 1.82) is 0 Å². The van der Waals surface area contributed by atoms with Crippen LogP contribution in [0.3, 0.4) is 0 Å². The van der Waals surface area contributed by atoms with Crippen LogP contribution in [0.15, 0.2) is 24.4 Å². The summed E-state index contributed by atoms with van der Waals surface area (Å²) in [4.78, 5) is 14.8. The van der Waals surface area contributed by atoms with E-state index < -0.39 is 11.6 Å². The molecule has 0 fully saturated rings. The van der Waals surface area contributed by atoms with Crippen LogP contribution in [0.5, 0.6) is 5.88 Å². The lowest BCUT2D eigenvalue weighted by molar-refractivity contribution is -0.154. The molecule has 0 radical (unpaired) electrons. The number of carbonyl (C=O) groups is 1. The standard InChI is InChI=1S/C10H13NO3/c1-3-10(2,9(12)13)14-8-6-4-5-7-11-8/h4-7H,3H2,1-2H3,(H,12,13)/t10-/m1/s1. The van der Waals surface area contributed by atoms with E-state index in [4.69, 9.17) is 9.84 Å². The fraction of sp³-hybridized carbons (Fsp3) is 0.400. The molecule has 1 N–H and O–H groups in total. The van der Waals surface area contributed by atoms with Gasteiger partial charge in [0.25, 0.3) is 0 Å². The monoisotopic (exact) mass is 195 g/mol. The van der Waals surface area contributed by atoms with Crippen LogP contribution in [0.2, 0.25) is 0 Å². The topological polar surface area (TPSA) is 59.4 Å². The molecule has 0 aliphatic heterocycles. The minimum absolute atomic E-state index is 0.333. The van der Waals surface area contributed by atoms with Crippen molar-refractivity contribution in [2.45, 2.75) is 25.9 Å². The van der Waals surface area contributed by atoms with E-state index in [9.17, 15) is 4.79 Å². The van der Waals surface area contributed by atoms with Gasteiger partial charge in [-0.15, -0.1) is 0 Å². The Hall–Kier alpha value is -1.58. The fourth-order valence-corrected chi connectivity index (χ4v) is 0.905. The number of carboxylic acids is 1. The highest BCUT2D eigenvalue weighted by Gasteiger charge is 2.33. The number of nitrogens with zero attached hydrogens (tertiary/aromatic N) is 1. The van der Waals surface area contributed by atoms with Crippen molar-refractivity contribution in [3.63, 3.8) is 0 Å². The van der Waals surface area contributed by atoms with Gasteiger partial charge in [0.1, 0.15) is 0 Å². The Morgan fingerprint density at radius 1 is 1.64 bits per heavy atom. The van der Waals surface area contributed by atoms with Crippen LogP contribution in [-0.2, 0) is 4.79 Å². The molecule has 1 rings (SSSR count). The molecule has 14 heavy (non-hydrogen) atoms. The third-order valence-corrected chi connectivity index (χ3v) is 2.09. The van der Waals surface area contributed by atoms with Gasteiger partial charge in [-0.25, -0.2) is 9.78 Å². The minimum Gasteiger partial charge on any atom is -0.478 e. The zero-order chi connectivity index (χ0) is 10.6. The maximum absolute atomic E-state index is 10.9. The molecule has 0 saturated carbocycles. The molecule has 4 heteroatoms. The van der Waals surface area contributed by atoms with Crippen LogP contribution in [0, 0.1) is 0 Å². The second-order valence-corrected chi connectivity index (χ2v) is 3.16. The third-order valence-electron chi connectivity index (χ3n) is 2.09. The summed E-state index contributed by atoms with van der Waals surface area (Å²) in [5.74, 6) is -0.648. The Bertz CT molecular complexity index is 312. The van der Waals surface area contributed by atoms with Crippen LogP contribution in [0.1, 0.15) is 20.3 Å². The predicted octanol–water partition coefficient (Wildman–Crippen LogP) is 1.71. The van der Waals surface area contributed by atoms with Gasteiger partial charge in [-0.05, 0) is 19.4 Å². The summed E-state index contributed by atoms with van der Waals surface area (Å²) in [5, 5.41) is 8.94. The first-order valence-corrected chi connectivity index (χ1v) is 4.42. The van der Waals surface area contributed by atoms with Crippen LogP contribution in [0.25, 0.3) is 0 Å². The number of rotatable bonds is 4. The van der Waals surface area contributed by atoms with Gasteiger partial charge in [0.05, 0.1) is 0 Å². The van der Waals surface area contributed by atoms with E-state index in [-0.39, 0.29) is 0 Å². The number of aromatic nitrogens is 1. The molecule has 0 spiro atoms. The quantitative estimate of drug-likeness (QED) is 0.794.